The second-order valence-electron chi connectivity index (χ2n) is 4.84. The lowest BCUT2D eigenvalue weighted by molar-refractivity contribution is 0.677. The van der Waals surface area contributed by atoms with Gasteiger partial charge in [0.2, 0.25) is 17.8 Å². The molecule has 3 rings (SSSR count). The Balaban J connectivity index is 1.84. The largest absolute Gasteiger partial charge is 0.354 e. The van der Waals surface area contributed by atoms with E-state index in [0.29, 0.717) is 23.9 Å². The molecule has 2 aromatic rings. The van der Waals surface area contributed by atoms with Crippen molar-refractivity contribution in [2.24, 2.45) is 0 Å². The second-order valence-corrected chi connectivity index (χ2v) is 5.99. The molecule has 1 unspecified atom stereocenters. The summed E-state index contributed by atoms with van der Waals surface area (Å²) < 4.78 is 1.78. The summed E-state index contributed by atoms with van der Waals surface area (Å²) in [5.41, 5.74) is 0. The Bertz CT molecular complexity index is 566. The predicted molar refractivity (Wildman–Crippen MR) is 85.1 cm³/mol. The van der Waals surface area contributed by atoms with E-state index in [1.165, 1.54) is 12.2 Å². The van der Waals surface area contributed by atoms with E-state index >= 15 is 0 Å². The third kappa shape index (κ3) is 3.63. The highest BCUT2D eigenvalue weighted by Crippen LogP contribution is 2.20. The van der Waals surface area contributed by atoms with Crippen LogP contribution in [0, 0.1) is 0 Å². The van der Waals surface area contributed by atoms with Crippen LogP contribution in [0.2, 0.25) is 0 Å². The van der Waals surface area contributed by atoms with E-state index in [1.54, 1.807) is 17.1 Å². The van der Waals surface area contributed by atoms with Gasteiger partial charge in [-0.25, -0.2) is 4.98 Å². The number of rotatable bonds is 5. The Morgan fingerprint density at radius 1 is 1.33 bits per heavy atom. The van der Waals surface area contributed by atoms with Crippen molar-refractivity contribution in [3.05, 3.63) is 18.7 Å². The molecule has 2 aromatic heterocycles. The fraction of sp³-hybridized carbons (Fsp3) is 0.538. The molecule has 0 amide bonds. The van der Waals surface area contributed by atoms with E-state index in [0.717, 1.165) is 18.7 Å². The smallest absolute Gasteiger partial charge is 0.241 e. The summed E-state index contributed by atoms with van der Waals surface area (Å²) in [7, 11) is 0. The number of hydrogen-bond donors (Lipinski definition) is 2. The van der Waals surface area contributed by atoms with Gasteiger partial charge in [-0.1, -0.05) is 0 Å². The summed E-state index contributed by atoms with van der Waals surface area (Å²) >= 11 is 1.97. The minimum absolute atomic E-state index is 0.427. The first-order chi connectivity index (χ1) is 10.3. The van der Waals surface area contributed by atoms with Gasteiger partial charge in [-0.3, -0.25) is 4.57 Å². The van der Waals surface area contributed by atoms with Crippen LogP contribution in [0.5, 0.6) is 0 Å². The monoisotopic (exact) mass is 305 g/mol. The van der Waals surface area contributed by atoms with E-state index in [-0.39, 0.29) is 0 Å². The molecule has 3 heterocycles. The summed E-state index contributed by atoms with van der Waals surface area (Å²) in [4.78, 5) is 17.4. The molecule has 7 nitrogen and oxygen atoms in total. The van der Waals surface area contributed by atoms with Gasteiger partial charge in [0.15, 0.2) is 0 Å². The van der Waals surface area contributed by atoms with Gasteiger partial charge in [-0.2, -0.15) is 26.7 Å². The van der Waals surface area contributed by atoms with Crippen molar-refractivity contribution in [2.45, 2.75) is 25.8 Å². The summed E-state index contributed by atoms with van der Waals surface area (Å²) in [6, 6.07) is 0.427. The van der Waals surface area contributed by atoms with Crippen LogP contribution in [0.15, 0.2) is 18.7 Å². The van der Waals surface area contributed by atoms with E-state index in [9.17, 15) is 0 Å². The predicted octanol–water partition coefficient (Wildman–Crippen LogP) is 1.80. The molecule has 112 valence electrons. The van der Waals surface area contributed by atoms with Crippen molar-refractivity contribution >= 4 is 23.7 Å². The average Bonchev–Trinajstić information content (AvgIpc) is 3.03. The third-order valence-corrected chi connectivity index (χ3v) is 4.40. The van der Waals surface area contributed by atoms with Gasteiger partial charge in [0.25, 0.3) is 0 Å². The molecule has 0 aliphatic carbocycles. The van der Waals surface area contributed by atoms with Gasteiger partial charge in [0.1, 0.15) is 6.33 Å². The van der Waals surface area contributed by atoms with Crippen LogP contribution in [0.1, 0.15) is 19.8 Å². The van der Waals surface area contributed by atoms with Gasteiger partial charge in [-0.15, -0.1) is 0 Å². The molecule has 0 bridgehead atoms. The van der Waals surface area contributed by atoms with Crippen LogP contribution in [0.4, 0.5) is 11.9 Å². The molecule has 1 saturated heterocycles. The summed E-state index contributed by atoms with van der Waals surface area (Å²) in [6.07, 6.45) is 7.62. The highest BCUT2D eigenvalue weighted by molar-refractivity contribution is 7.99. The maximum Gasteiger partial charge on any atom is 0.241 e. The number of nitrogens with one attached hydrogen (secondary N) is 2. The first kappa shape index (κ1) is 14.1. The lowest BCUT2D eigenvalue weighted by Gasteiger charge is -2.22. The number of nitrogens with zero attached hydrogens (tertiary/aromatic N) is 5. The SMILES string of the molecule is CCNc1nc(NC2CCCSC2)nc(-n2ccnc2)n1. The number of imidazole rings is 1. The summed E-state index contributed by atoms with van der Waals surface area (Å²) in [5.74, 6) is 4.13. The molecule has 1 aliphatic rings. The van der Waals surface area contributed by atoms with Crippen LogP contribution in [0.3, 0.4) is 0 Å². The minimum Gasteiger partial charge on any atom is -0.354 e. The summed E-state index contributed by atoms with van der Waals surface area (Å²) in [6.45, 7) is 2.79. The van der Waals surface area contributed by atoms with Crippen molar-refractivity contribution in [3.8, 4) is 5.95 Å². The molecule has 0 spiro atoms. The standard InChI is InChI=1S/C13H19N7S/c1-2-15-11-17-12(16-10-4-3-7-21-8-10)19-13(18-11)20-6-5-14-9-20/h5-6,9-10H,2-4,7-8H2,1H3,(H2,15,16,17,18,19). The molecule has 21 heavy (non-hydrogen) atoms. The molecule has 1 atom stereocenters. The Hall–Kier alpha value is -1.83. The Labute approximate surface area is 128 Å². The quantitative estimate of drug-likeness (QED) is 0.871. The zero-order valence-corrected chi connectivity index (χ0v) is 12.8. The summed E-state index contributed by atoms with van der Waals surface area (Å²) in [5, 5.41) is 6.57. The normalized spacial score (nSPS) is 18.4. The lowest BCUT2D eigenvalue weighted by atomic mass is 10.2. The highest BCUT2D eigenvalue weighted by atomic mass is 32.2. The van der Waals surface area contributed by atoms with Crippen LogP contribution in [-0.2, 0) is 0 Å². The fourth-order valence-corrected chi connectivity index (χ4v) is 3.27. The van der Waals surface area contributed by atoms with Gasteiger partial charge in [0, 0.05) is 30.7 Å². The van der Waals surface area contributed by atoms with Gasteiger partial charge in [0.05, 0.1) is 0 Å². The molecule has 0 radical (unpaired) electrons. The lowest BCUT2D eigenvalue weighted by Crippen LogP contribution is -2.27. The molecule has 1 fully saturated rings. The van der Waals surface area contributed by atoms with Crippen molar-refractivity contribution < 1.29 is 0 Å². The van der Waals surface area contributed by atoms with Crippen molar-refractivity contribution in [1.82, 2.24) is 24.5 Å². The van der Waals surface area contributed by atoms with Gasteiger partial charge >= 0.3 is 0 Å². The third-order valence-electron chi connectivity index (χ3n) is 3.19. The van der Waals surface area contributed by atoms with Crippen LogP contribution in [0.25, 0.3) is 5.95 Å². The van der Waals surface area contributed by atoms with E-state index < -0.39 is 0 Å². The Morgan fingerprint density at radius 2 is 2.24 bits per heavy atom. The molecule has 0 saturated carbocycles. The number of hydrogen-bond acceptors (Lipinski definition) is 7. The molecule has 1 aliphatic heterocycles. The Morgan fingerprint density at radius 3 is 2.95 bits per heavy atom. The fourth-order valence-electron chi connectivity index (χ4n) is 2.20. The van der Waals surface area contributed by atoms with Crippen LogP contribution < -0.4 is 10.6 Å². The number of thioether (sulfide) groups is 1. The second kappa shape index (κ2) is 6.75. The molecule has 8 heteroatoms. The van der Waals surface area contributed by atoms with Crippen molar-refractivity contribution in [2.75, 3.05) is 28.7 Å². The van der Waals surface area contributed by atoms with E-state index in [2.05, 4.69) is 30.6 Å². The first-order valence-electron chi connectivity index (χ1n) is 7.17. The van der Waals surface area contributed by atoms with Gasteiger partial charge in [-0.05, 0) is 25.5 Å². The Kier molecular flexibility index (Phi) is 4.54. The maximum atomic E-state index is 4.49. The molecule has 2 N–H and O–H groups in total. The molecular weight excluding hydrogens is 286 g/mol. The van der Waals surface area contributed by atoms with Crippen molar-refractivity contribution in [3.63, 3.8) is 0 Å². The van der Waals surface area contributed by atoms with Crippen molar-refractivity contribution in [1.29, 1.82) is 0 Å². The number of anilines is 2. The van der Waals surface area contributed by atoms with E-state index in [4.69, 9.17) is 0 Å². The zero-order chi connectivity index (χ0) is 14.5. The highest BCUT2D eigenvalue weighted by Gasteiger charge is 2.16. The maximum absolute atomic E-state index is 4.49. The minimum atomic E-state index is 0.427. The average molecular weight is 305 g/mol. The first-order valence-corrected chi connectivity index (χ1v) is 8.33. The molecular formula is C13H19N7S. The molecule has 0 aromatic carbocycles. The van der Waals surface area contributed by atoms with E-state index in [1.807, 2.05) is 24.9 Å². The van der Waals surface area contributed by atoms with Crippen LogP contribution >= 0.6 is 11.8 Å². The van der Waals surface area contributed by atoms with Crippen LogP contribution in [-0.4, -0.2) is 48.6 Å². The zero-order valence-electron chi connectivity index (χ0n) is 12.0. The number of aromatic nitrogens is 5. The topological polar surface area (TPSA) is 80.5 Å². The van der Waals surface area contributed by atoms with Gasteiger partial charge < -0.3 is 10.6 Å².